The number of hydrogen-bond donors (Lipinski definition) is 3. The number of hydrogen-bond acceptors (Lipinski definition) is 2. The first-order valence-corrected chi connectivity index (χ1v) is 4.60. The van der Waals surface area contributed by atoms with Crippen LogP contribution in [0.25, 0.3) is 0 Å². The Kier molecular flexibility index (Phi) is 3.70. The fourth-order valence-electron chi connectivity index (χ4n) is 1.41. The maximum Gasteiger partial charge on any atom is 0.218 e. The summed E-state index contributed by atoms with van der Waals surface area (Å²) in [5.74, 6) is 0.480. The topological polar surface area (TPSA) is 112 Å². The van der Waals surface area contributed by atoms with Gasteiger partial charge in [0.1, 0.15) is 0 Å². The second-order valence-electron chi connectivity index (χ2n) is 3.39. The van der Waals surface area contributed by atoms with Gasteiger partial charge in [-0.15, -0.1) is 0 Å². The summed E-state index contributed by atoms with van der Waals surface area (Å²) in [6.45, 7) is 3.51. The van der Waals surface area contributed by atoms with Gasteiger partial charge in [-0.1, -0.05) is 0 Å². The molecule has 0 aliphatic carbocycles. The van der Waals surface area contributed by atoms with Crippen molar-refractivity contribution in [1.29, 1.82) is 0 Å². The second-order valence-corrected chi connectivity index (χ2v) is 3.39. The number of aliphatic imine (C=N–C) groups is 2. The summed E-state index contributed by atoms with van der Waals surface area (Å²) < 4.78 is 5.25. The first-order chi connectivity index (χ1) is 6.59. The molecule has 0 aromatic heterocycles. The SMILES string of the molecule is CC(N=C(N)N=C(N)N)C1CCOC1. The van der Waals surface area contributed by atoms with Crippen LogP contribution < -0.4 is 17.2 Å². The molecule has 1 saturated heterocycles. The quantitative estimate of drug-likeness (QED) is 0.391. The molecule has 0 spiro atoms. The molecule has 6 N–H and O–H groups in total. The van der Waals surface area contributed by atoms with E-state index in [9.17, 15) is 0 Å². The zero-order chi connectivity index (χ0) is 10.6. The van der Waals surface area contributed by atoms with Gasteiger partial charge >= 0.3 is 0 Å². The lowest BCUT2D eigenvalue weighted by Crippen LogP contribution is -2.28. The van der Waals surface area contributed by atoms with Crippen molar-refractivity contribution in [2.24, 2.45) is 33.1 Å². The molecule has 2 atom stereocenters. The minimum absolute atomic E-state index is 0.0684. The van der Waals surface area contributed by atoms with Crippen LogP contribution in [0.1, 0.15) is 13.3 Å². The van der Waals surface area contributed by atoms with Crippen molar-refractivity contribution in [3.8, 4) is 0 Å². The normalized spacial score (nSPS) is 24.6. The Morgan fingerprint density at radius 1 is 1.43 bits per heavy atom. The van der Waals surface area contributed by atoms with Crippen LogP contribution >= 0.6 is 0 Å². The van der Waals surface area contributed by atoms with E-state index in [1.54, 1.807) is 0 Å². The molecule has 1 heterocycles. The van der Waals surface area contributed by atoms with Crippen LogP contribution in [0.2, 0.25) is 0 Å². The van der Waals surface area contributed by atoms with E-state index in [0.717, 1.165) is 19.6 Å². The van der Waals surface area contributed by atoms with Crippen LogP contribution in [0.5, 0.6) is 0 Å². The molecule has 1 rings (SSSR count). The van der Waals surface area contributed by atoms with Gasteiger partial charge in [0, 0.05) is 12.5 Å². The summed E-state index contributed by atoms with van der Waals surface area (Å²) in [6, 6.07) is 0.0978. The molecule has 0 radical (unpaired) electrons. The number of nitrogens with zero attached hydrogens (tertiary/aromatic N) is 2. The highest BCUT2D eigenvalue weighted by atomic mass is 16.5. The molecule has 6 nitrogen and oxygen atoms in total. The molecule has 2 unspecified atom stereocenters. The van der Waals surface area contributed by atoms with Crippen molar-refractivity contribution in [2.45, 2.75) is 19.4 Å². The van der Waals surface area contributed by atoms with Crippen molar-refractivity contribution in [3.63, 3.8) is 0 Å². The smallest absolute Gasteiger partial charge is 0.218 e. The minimum Gasteiger partial charge on any atom is -0.381 e. The fourth-order valence-corrected chi connectivity index (χ4v) is 1.41. The zero-order valence-electron chi connectivity index (χ0n) is 8.31. The van der Waals surface area contributed by atoms with Crippen molar-refractivity contribution >= 4 is 11.9 Å². The van der Waals surface area contributed by atoms with Gasteiger partial charge in [0.05, 0.1) is 12.6 Å². The summed E-state index contributed by atoms with van der Waals surface area (Å²) in [7, 11) is 0. The maximum absolute atomic E-state index is 5.50. The second kappa shape index (κ2) is 4.80. The molecule has 0 amide bonds. The van der Waals surface area contributed by atoms with E-state index in [0.29, 0.717) is 5.92 Å². The number of nitrogens with two attached hydrogens (primary N) is 3. The van der Waals surface area contributed by atoms with Gasteiger partial charge < -0.3 is 21.9 Å². The molecule has 80 valence electrons. The maximum atomic E-state index is 5.50. The predicted molar refractivity (Wildman–Crippen MR) is 55.8 cm³/mol. The highest BCUT2D eigenvalue weighted by molar-refractivity contribution is 5.92. The van der Waals surface area contributed by atoms with Crippen LogP contribution in [0.4, 0.5) is 0 Å². The summed E-state index contributed by atoms with van der Waals surface area (Å²) in [4.78, 5) is 7.81. The van der Waals surface area contributed by atoms with Gasteiger partial charge in [0.15, 0.2) is 5.96 Å². The molecule has 1 aliphatic heterocycles. The van der Waals surface area contributed by atoms with Gasteiger partial charge in [-0.2, -0.15) is 4.99 Å². The third kappa shape index (κ3) is 3.21. The lowest BCUT2D eigenvalue weighted by Gasteiger charge is -2.12. The lowest BCUT2D eigenvalue weighted by molar-refractivity contribution is 0.182. The predicted octanol–water partition coefficient (Wildman–Crippen LogP) is -1.00. The molecule has 0 aromatic carbocycles. The molecule has 0 saturated carbocycles. The average molecular weight is 199 g/mol. The van der Waals surface area contributed by atoms with Crippen molar-refractivity contribution in [1.82, 2.24) is 0 Å². The van der Waals surface area contributed by atoms with Crippen LogP contribution in [0.15, 0.2) is 9.98 Å². The van der Waals surface area contributed by atoms with Gasteiger partial charge in [-0.3, -0.25) is 0 Å². The summed E-state index contributed by atoms with van der Waals surface area (Å²) in [5.41, 5.74) is 15.8. The Bertz CT molecular complexity index is 240. The van der Waals surface area contributed by atoms with E-state index >= 15 is 0 Å². The van der Waals surface area contributed by atoms with E-state index in [4.69, 9.17) is 21.9 Å². The average Bonchev–Trinajstić information content (AvgIpc) is 2.53. The van der Waals surface area contributed by atoms with Crippen molar-refractivity contribution in [2.75, 3.05) is 13.2 Å². The standard InChI is InChI=1S/C8H17N5O/c1-5(6-2-3-14-4-6)12-8(11)13-7(9)10/h5-6H,2-4H2,1H3,(H6,9,10,11,12,13). The van der Waals surface area contributed by atoms with Crippen molar-refractivity contribution in [3.05, 3.63) is 0 Å². The minimum atomic E-state index is -0.0684. The van der Waals surface area contributed by atoms with Crippen LogP contribution in [0, 0.1) is 5.92 Å². The Morgan fingerprint density at radius 3 is 2.64 bits per heavy atom. The van der Waals surface area contributed by atoms with E-state index in [1.165, 1.54) is 0 Å². The van der Waals surface area contributed by atoms with Gasteiger partial charge in [0.2, 0.25) is 5.96 Å². The van der Waals surface area contributed by atoms with Crippen molar-refractivity contribution < 1.29 is 4.74 Å². The molecular weight excluding hydrogens is 182 g/mol. The number of rotatable bonds is 2. The first-order valence-electron chi connectivity index (χ1n) is 4.60. The Hall–Kier alpha value is -1.30. The Labute approximate surface area is 83.2 Å². The molecular formula is C8H17N5O. The highest BCUT2D eigenvalue weighted by Crippen LogP contribution is 2.18. The largest absolute Gasteiger partial charge is 0.381 e. The highest BCUT2D eigenvalue weighted by Gasteiger charge is 2.21. The Balaban J connectivity index is 2.52. The third-order valence-corrected chi connectivity index (χ3v) is 2.23. The van der Waals surface area contributed by atoms with Crippen LogP contribution in [0.3, 0.4) is 0 Å². The van der Waals surface area contributed by atoms with Gasteiger partial charge in [0.25, 0.3) is 0 Å². The van der Waals surface area contributed by atoms with E-state index < -0.39 is 0 Å². The molecule has 6 heteroatoms. The Morgan fingerprint density at radius 2 is 2.14 bits per heavy atom. The summed E-state index contributed by atoms with van der Waals surface area (Å²) in [5, 5.41) is 0. The number of ether oxygens (including phenoxy) is 1. The molecule has 0 aromatic rings. The third-order valence-electron chi connectivity index (χ3n) is 2.23. The molecule has 1 aliphatic rings. The molecule has 0 bridgehead atoms. The monoisotopic (exact) mass is 199 g/mol. The number of guanidine groups is 2. The molecule has 14 heavy (non-hydrogen) atoms. The van der Waals surface area contributed by atoms with Gasteiger partial charge in [-0.05, 0) is 13.3 Å². The first kappa shape index (κ1) is 10.8. The summed E-state index contributed by atoms with van der Waals surface area (Å²) >= 11 is 0. The van der Waals surface area contributed by atoms with E-state index in [2.05, 4.69) is 9.98 Å². The van der Waals surface area contributed by atoms with E-state index in [-0.39, 0.29) is 18.0 Å². The fraction of sp³-hybridized carbons (Fsp3) is 0.750. The van der Waals surface area contributed by atoms with Crippen LogP contribution in [-0.2, 0) is 4.74 Å². The zero-order valence-corrected chi connectivity index (χ0v) is 8.31. The van der Waals surface area contributed by atoms with Gasteiger partial charge in [-0.25, -0.2) is 4.99 Å². The van der Waals surface area contributed by atoms with Crippen LogP contribution in [-0.4, -0.2) is 31.2 Å². The van der Waals surface area contributed by atoms with E-state index in [1.807, 2.05) is 6.92 Å². The lowest BCUT2D eigenvalue weighted by atomic mass is 10.0. The summed E-state index contributed by atoms with van der Waals surface area (Å²) in [6.07, 6.45) is 1.01. The molecule has 1 fully saturated rings.